The number of benzene rings is 2. The fraction of sp³-hybridized carbons (Fsp3) is 0.211. The molecule has 25 heavy (non-hydrogen) atoms. The topological polar surface area (TPSA) is 83.9 Å². The number of aliphatic carboxylic acids is 1. The summed E-state index contributed by atoms with van der Waals surface area (Å²) < 4.78 is 5.96. The molecular formula is C19H17NO5. The number of hydrogen-bond acceptors (Lipinski definition) is 4. The van der Waals surface area contributed by atoms with E-state index < -0.39 is 24.3 Å². The second-order valence-electron chi connectivity index (χ2n) is 5.82. The van der Waals surface area contributed by atoms with Crippen molar-refractivity contribution in [1.29, 1.82) is 0 Å². The predicted molar refractivity (Wildman–Crippen MR) is 90.1 cm³/mol. The maximum absolute atomic E-state index is 12.3. The monoisotopic (exact) mass is 339 g/mol. The Balaban J connectivity index is 1.94. The third-order valence-electron chi connectivity index (χ3n) is 4.13. The largest absolute Gasteiger partial charge is 0.480 e. The molecule has 1 aliphatic rings. The molecule has 1 aliphatic heterocycles. The Morgan fingerprint density at radius 1 is 1.12 bits per heavy atom. The quantitative estimate of drug-likeness (QED) is 0.847. The van der Waals surface area contributed by atoms with Gasteiger partial charge in [0.2, 0.25) is 0 Å². The summed E-state index contributed by atoms with van der Waals surface area (Å²) in [6.45, 7) is 3.31. The Bertz CT molecular complexity index is 887. The van der Waals surface area contributed by atoms with Crippen LogP contribution >= 0.6 is 0 Å². The molecule has 2 aromatic rings. The summed E-state index contributed by atoms with van der Waals surface area (Å²) in [6, 6.07) is 10.5. The number of carboxylic acids is 1. The van der Waals surface area contributed by atoms with Crippen molar-refractivity contribution < 1.29 is 24.2 Å². The molecule has 1 heterocycles. The fourth-order valence-corrected chi connectivity index (χ4v) is 2.87. The van der Waals surface area contributed by atoms with Crippen molar-refractivity contribution in [3.05, 3.63) is 58.7 Å². The number of amides is 2. The van der Waals surface area contributed by atoms with E-state index in [9.17, 15) is 14.4 Å². The van der Waals surface area contributed by atoms with E-state index in [1.807, 2.05) is 32.0 Å². The number of carboxylic acid groups (broad SMARTS) is 1. The van der Waals surface area contributed by atoms with Gasteiger partial charge in [-0.15, -0.1) is 0 Å². The summed E-state index contributed by atoms with van der Waals surface area (Å²) in [5.41, 5.74) is 2.36. The van der Waals surface area contributed by atoms with E-state index in [0.717, 1.165) is 28.2 Å². The van der Waals surface area contributed by atoms with Gasteiger partial charge in [0.05, 0.1) is 11.1 Å². The van der Waals surface area contributed by atoms with Crippen LogP contribution in [0.1, 0.15) is 38.8 Å². The zero-order valence-electron chi connectivity index (χ0n) is 13.9. The summed E-state index contributed by atoms with van der Waals surface area (Å²) in [5, 5.41) is 8.86. The number of hydrogen-bond donors (Lipinski definition) is 1. The lowest BCUT2D eigenvalue weighted by Crippen LogP contribution is -2.34. The van der Waals surface area contributed by atoms with Gasteiger partial charge >= 0.3 is 5.97 Å². The van der Waals surface area contributed by atoms with E-state index >= 15 is 0 Å². The molecule has 0 saturated carbocycles. The number of carbonyl (C=O) groups is 3. The highest BCUT2D eigenvalue weighted by Crippen LogP contribution is 2.32. The van der Waals surface area contributed by atoms with E-state index in [1.165, 1.54) is 12.1 Å². The first-order chi connectivity index (χ1) is 11.9. The van der Waals surface area contributed by atoms with Gasteiger partial charge in [0.15, 0.2) is 0 Å². The first kappa shape index (κ1) is 16.7. The van der Waals surface area contributed by atoms with Crippen molar-refractivity contribution in [3.63, 3.8) is 0 Å². The van der Waals surface area contributed by atoms with Crippen LogP contribution in [-0.2, 0) is 11.2 Å². The molecule has 0 saturated heterocycles. The molecule has 6 nitrogen and oxygen atoms in total. The minimum Gasteiger partial charge on any atom is -0.480 e. The van der Waals surface area contributed by atoms with E-state index in [2.05, 4.69) is 0 Å². The smallest absolute Gasteiger partial charge is 0.323 e. The Morgan fingerprint density at radius 2 is 1.84 bits per heavy atom. The molecule has 2 amide bonds. The zero-order chi connectivity index (χ0) is 18.1. The van der Waals surface area contributed by atoms with Crippen molar-refractivity contribution in [1.82, 2.24) is 4.90 Å². The standard InChI is InChI=1S/C19H17NO5/c1-3-12-6-4-5-11(2)17(12)25-13-7-8-14-15(9-13)19(24)20(18(14)23)10-16(21)22/h4-9H,3,10H2,1-2H3,(H,21,22). The normalized spacial score (nSPS) is 13.1. The Kier molecular flexibility index (Phi) is 4.27. The number of carbonyl (C=O) groups excluding carboxylic acids is 2. The molecule has 0 fully saturated rings. The van der Waals surface area contributed by atoms with Gasteiger partial charge in [0.25, 0.3) is 11.8 Å². The van der Waals surface area contributed by atoms with Gasteiger partial charge in [-0.3, -0.25) is 19.3 Å². The molecule has 0 bridgehead atoms. The van der Waals surface area contributed by atoms with Crippen LogP contribution in [-0.4, -0.2) is 34.3 Å². The minimum absolute atomic E-state index is 0.162. The SMILES string of the molecule is CCc1cccc(C)c1Oc1ccc2c(c1)C(=O)N(CC(=O)O)C2=O. The molecule has 3 rings (SSSR count). The number of para-hydroxylation sites is 1. The lowest BCUT2D eigenvalue weighted by atomic mass is 10.1. The van der Waals surface area contributed by atoms with Crippen LogP contribution in [0.25, 0.3) is 0 Å². The Morgan fingerprint density at radius 3 is 2.52 bits per heavy atom. The van der Waals surface area contributed by atoms with Crippen molar-refractivity contribution >= 4 is 17.8 Å². The fourth-order valence-electron chi connectivity index (χ4n) is 2.87. The van der Waals surface area contributed by atoms with E-state index in [4.69, 9.17) is 9.84 Å². The molecule has 0 atom stereocenters. The molecule has 1 N–H and O–H groups in total. The maximum Gasteiger partial charge on any atom is 0.323 e. The molecule has 2 aromatic carbocycles. The summed E-state index contributed by atoms with van der Waals surface area (Å²) in [7, 11) is 0. The minimum atomic E-state index is -1.24. The van der Waals surface area contributed by atoms with Crippen molar-refractivity contribution in [2.75, 3.05) is 6.54 Å². The first-order valence-corrected chi connectivity index (χ1v) is 7.90. The number of imide groups is 1. The lowest BCUT2D eigenvalue weighted by Gasteiger charge is -2.13. The molecule has 0 aliphatic carbocycles. The molecular weight excluding hydrogens is 322 g/mol. The second-order valence-corrected chi connectivity index (χ2v) is 5.82. The van der Waals surface area contributed by atoms with E-state index in [-0.39, 0.29) is 11.1 Å². The molecule has 0 radical (unpaired) electrons. The van der Waals surface area contributed by atoms with E-state index in [1.54, 1.807) is 6.07 Å². The van der Waals surface area contributed by atoms with Crippen LogP contribution < -0.4 is 4.74 Å². The van der Waals surface area contributed by atoms with Gasteiger partial charge in [-0.25, -0.2) is 0 Å². The van der Waals surface area contributed by atoms with Crippen LogP contribution in [0.4, 0.5) is 0 Å². The number of ether oxygens (including phenoxy) is 1. The zero-order valence-corrected chi connectivity index (χ0v) is 13.9. The maximum atomic E-state index is 12.3. The highest BCUT2D eigenvalue weighted by Gasteiger charge is 2.37. The highest BCUT2D eigenvalue weighted by atomic mass is 16.5. The van der Waals surface area contributed by atoms with Crippen molar-refractivity contribution in [2.45, 2.75) is 20.3 Å². The number of nitrogens with zero attached hydrogens (tertiary/aromatic N) is 1. The summed E-state index contributed by atoms with van der Waals surface area (Å²) in [4.78, 5) is 36.1. The summed E-state index contributed by atoms with van der Waals surface area (Å²) in [6.07, 6.45) is 0.797. The average Bonchev–Trinajstić information content (AvgIpc) is 2.81. The Labute approximate surface area is 144 Å². The molecule has 0 aromatic heterocycles. The molecule has 6 heteroatoms. The number of rotatable bonds is 5. The first-order valence-electron chi connectivity index (χ1n) is 7.90. The van der Waals surface area contributed by atoms with E-state index in [0.29, 0.717) is 5.75 Å². The van der Waals surface area contributed by atoms with Gasteiger partial charge in [-0.2, -0.15) is 0 Å². The third kappa shape index (κ3) is 2.98. The van der Waals surface area contributed by atoms with Crippen LogP contribution in [0.5, 0.6) is 11.5 Å². The Hall–Kier alpha value is -3.15. The lowest BCUT2D eigenvalue weighted by molar-refractivity contribution is -0.137. The van der Waals surface area contributed by atoms with Crippen LogP contribution in [0.3, 0.4) is 0 Å². The third-order valence-corrected chi connectivity index (χ3v) is 4.13. The van der Waals surface area contributed by atoms with Gasteiger partial charge in [0, 0.05) is 0 Å². The highest BCUT2D eigenvalue weighted by molar-refractivity contribution is 6.22. The van der Waals surface area contributed by atoms with Crippen LogP contribution in [0, 0.1) is 6.92 Å². The van der Waals surface area contributed by atoms with Crippen molar-refractivity contribution in [2.24, 2.45) is 0 Å². The van der Waals surface area contributed by atoms with Crippen LogP contribution in [0.2, 0.25) is 0 Å². The van der Waals surface area contributed by atoms with Crippen LogP contribution in [0.15, 0.2) is 36.4 Å². The van der Waals surface area contributed by atoms with Crippen molar-refractivity contribution in [3.8, 4) is 11.5 Å². The number of fused-ring (bicyclic) bond motifs is 1. The van der Waals surface area contributed by atoms with Gasteiger partial charge in [0.1, 0.15) is 18.0 Å². The average molecular weight is 339 g/mol. The van der Waals surface area contributed by atoms with Gasteiger partial charge in [-0.1, -0.05) is 25.1 Å². The second kappa shape index (κ2) is 6.39. The predicted octanol–water partition coefficient (Wildman–Crippen LogP) is 3.03. The number of aryl methyl sites for hydroxylation is 2. The molecule has 0 spiro atoms. The molecule has 0 unspecified atom stereocenters. The van der Waals surface area contributed by atoms with Gasteiger partial charge in [-0.05, 0) is 42.7 Å². The van der Waals surface area contributed by atoms with Gasteiger partial charge < -0.3 is 9.84 Å². The summed E-state index contributed by atoms with van der Waals surface area (Å²) >= 11 is 0. The molecule has 128 valence electrons. The summed E-state index contributed by atoms with van der Waals surface area (Å²) in [5.74, 6) is -1.30.